The summed E-state index contributed by atoms with van der Waals surface area (Å²) >= 11 is 1.77. The van der Waals surface area contributed by atoms with Crippen LogP contribution in [0.3, 0.4) is 0 Å². The Labute approximate surface area is 130 Å². The summed E-state index contributed by atoms with van der Waals surface area (Å²) in [5, 5.41) is 7.09. The minimum atomic E-state index is -0.0359. The van der Waals surface area contributed by atoms with Crippen molar-refractivity contribution in [2.45, 2.75) is 31.7 Å². The summed E-state index contributed by atoms with van der Waals surface area (Å²) in [5.41, 5.74) is 4.00. The maximum Gasteiger partial charge on any atom is 0.113 e. The smallest absolute Gasteiger partial charge is 0.113 e. The Morgan fingerprint density at radius 2 is 2.14 bits per heavy atom. The molecule has 3 rings (SSSR count). The van der Waals surface area contributed by atoms with Crippen LogP contribution in [-0.2, 0) is 23.1 Å². The number of methoxy groups -OCH3 is 1. The standard InChI is InChI=1S/C17H22N2OS/c1-13-12-21-16(19-13)17(18-9-10-20-2)8-7-14-5-3-4-6-15(14)11-17/h3-6,12,18H,7-11H2,1-2H3. The third-order valence-electron chi connectivity index (χ3n) is 4.23. The molecule has 1 unspecified atom stereocenters. The van der Waals surface area contributed by atoms with Crippen LogP contribution < -0.4 is 5.32 Å². The van der Waals surface area contributed by atoms with Gasteiger partial charge >= 0.3 is 0 Å². The molecule has 0 radical (unpaired) electrons. The first-order valence-corrected chi connectivity index (χ1v) is 8.35. The number of rotatable bonds is 5. The van der Waals surface area contributed by atoms with Gasteiger partial charge in [0, 0.05) is 24.7 Å². The first kappa shape index (κ1) is 14.7. The number of aromatic nitrogens is 1. The van der Waals surface area contributed by atoms with Crippen LogP contribution in [0.15, 0.2) is 29.6 Å². The van der Waals surface area contributed by atoms with Gasteiger partial charge in [-0.15, -0.1) is 11.3 Å². The lowest BCUT2D eigenvalue weighted by molar-refractivity contribution is 0.177. The van der Waals surface area contributed by atoms with Crippen molar-refractivity contribution < 1.29 is 4.74 Å². The van der Waals surface area contributed by atoms with Gasteiger partial charge < -0.3 is 10.1 Å². The summed E-state index contributed by atoms with van der Waals surface area (Å²) in [6.45, 7) is 3.66. The molecule has 4 heteroatoms. The van der Waals surface area contributed by atoms with Crippen LogP contribution in [0.2, 0.25) is 0 Å². The fourth-order valence-electron chi connectivity index (χ4n) is 3.11. The second-order valence-corrected chi connectivity index (χ2v) is 6.60. The molecule has 0 spiro atoms. The van der Waals surface area contributed by atoms with Crippen molar-refractivity contribution in [3.05, 3.63) is 51.5 Å². The van der Waals surface area contributed by atoms with Gasteiger partial charge in [-0.1, -0.05) is 24.3 Å². The number of aryl methyl sites for hydroxylation is 2. The molecule has 1 aromatic heterocycles. The Bertz CT molecular complexity index is 610. The topological polar surface area (TPSA) is 34.1 Å². The van der Waals surface area contributed by atoms with E-state index < -0.39 is 0 Å². The van der Waals surface area contributed by atoms with E-state index in [9.17, 15) is 0 Å². The number of thiazole rings is 1. The second kappa shape index (κ2) is 6.26. The van der Waals surface area contributed by atoms with E-state index in [1.165, 1.54) is 16.1 Å². The molecule has 2 aromatic rings. The number of nitrogens with one attached hydrogen (secondary N) is 1. The van der Waals surface area contributed by atoms with Crippen molar-refractivity contribution in [3.63, 3.8) is 0 Å². The molecular weight excluding hydrogens is 280 g/mol. The summed E-state index contributed by atoms with van der Waals surface area (Å²) in [6, 6.07) is 8.78. The fourth-order valence-corrected chi connectivity index (χ4v) is 4.11. The number of nitrogens with zero attached hydrogens (tertiary/aromatic N) is 1. The lowest BCUT2D eigenvalue weighted by atomic mass is 9.78. The molecule has 1 aliphatic rings. The predicted molar refractivity (Wildman–Crippen MR) is 86.9 cm³/mol. The zero-order valence-corrected chi connectivity index (χ0v) is 13.5. The molecule has 1 heterocycles. The van der Waals surface area contributed by atoms with Crippen molar-refractivity contribution in [2.75, 3.05) is 20.3 Å². The highest BCUT2D eigenvalue weighted by Gasteiger charge is 2.37. The maximum atomic E-state index is 5.21. The van der Waals surface area contributed by atoms with Gasteiger partial charge in [-0.25, -0.2) is 4.98 Å². The van der Waals surface area contributed by atoms with E-state index in [1.807, 2.05) is 0 Å². The van der Waals surface area contributed by atoms with Crippen molar-refractivity contribution in [3.8, 4) is 0 Å². The highest BCUT2D eigenvalue weighted by Crippen LogP contribution is 2.37. The van der Waals surface area contributed by atoms with E-state index in [2.05, 4.69) is 41.9 Å². The number of hydrogen-bond donors (Lipinski definition) is 1. The summed E-state index contributed by atoms with van der Waals surface area (Å²) in [4.78, 5) is 4.77. The van der Waals surface area contributed by atoms with Gasteiger partial charge in [-0.3, -0.25) is 0 Å². The van der Waals surface area contributed by atoms with Crippen LogP contribution in [0.25, 0.3) is 0 Å². The van der Waals surface area contributed by atoms with Crippen molar-refractivity contribution in [2.24, 2.45) is 0 Å². The van der Waals surface area contributed by atoms with E-state index >= 15 is 0 Å². The van der Waals surface area contributed by atoms with Crippen LogP contribution in [0.5, 0.6) is 0 Å². The largest absolute Gasteiger partial charge is 0.383 e. The van der Waals surface area contributed by atoms with Gasteiger partial charge in [0.15, 0.2) is 0 Å². The summed E-state index contributed by atoms with van der Waals surface area (Å²) in [7, 11) is 1.75. The molecule has 1 aliphatic carbocycles. The van der Waals surface area contributed by atoms with Crippen LogP contribution in [0.1, 0.15) is 28.2 Å². The Kier molecular flexibility index (Phi) is 4.38. The highest BCUT2D eigenvalue weighted by molar-refractivity contribution is 7.09. The predicted octanol–water partition coefficient (Wildman–Crippen LogP) is 3.07. The summed E-state index contributed by atoms with van der Waals surface area (Å²) < 4.78 is 5.21. The Morgan fingerprint density at radius 3 is 2.86 bits per heavy atom. The van der Waals surface area contributed by atoms with Gasteiger partial charge in [-0.2, -0.15) is 0 Å². The van der Waals surface area contributed by atoms with Gasteiger partial charge in [0.2, 0.25) is 0 Å². The highest BCUT2D eigenvalue weighted by atomic mass is 32.1. The third kappa shape index (κ3) is 3.03. The van der Waals surface area contributed by atoms with Crippen LogP contribution in [0, 0.1) is 6.92 Å². The molecule has 1 atom stereocenters. The molecule has 0 amide bonds. The Morgan fingerprint density at radius 1 is 1.33 bits per heavy atom. The van der Waals surface area contributed by atoms with Crippen molar-refractivity contribution in [1.29, 1.82) is 0 Å². The third-order valence-corrected chi connectivity index (χ3v) is 5.39. The fraction of sp³-hybridized carbons (Fsp3) is 0.471. The normalized spacial score (nSPS) is 21.2. The van der Waals surface area contributed by atoms with Crippen LogP contribution in [0.4, 0.5) is 0 Å². The molecule has 3 nitrogen and oxygen atoms in total. The van der Waals surface area contributed by atoms with Gasteiger partial charge in [0.05, 0.1) is 12.1 Å². The molecule has 0 saturated heterocycles. The van der Waals surface area contributed by atoms with E-state index in [1.54, 1.807) is 18.4 Å². The van der Waals surface area contributed by atoms with E-state index in [0.717, 1.165) is 38.1 Å². The van der Waals surface area contributed by atoms with E-state index in [0.29, 0.717) is 0 Å². The Hall–Kier alpha value is -1.23. The molecule has 112 valence electrons. The zero-order valence-electron chi connectivity index (χ0n) is 12.7. The van der Waals surface area contributed by atoms with E-state index in [4.69, 9.17) is 9.72 Å². The average molecular weight is 302 g/mol. The maximum absolute atomic E-state index is 5.21. The van der Waals surface area contributed by atoms with Crippen LogP contribution in [-0.4, -0.2) is 25.2 Å². The molecule has 0 fully saturated rings. The number of fused-ring (bicyclic) bond motifs is 1. The lowest BCUT2D eigenvalue weighted by Crippen LogP contribution is -2.48. The van der Waals surface area contributed by atoms with Crippen molar-refractivity contribution in [1.82, 2.24) is 10.3 Å². The average Bonchev–Trinajstić information content (AvgIpc) is 2.95. The number of hydrogen-bond acceptors (Lipinski definition) is 4. The molecule has 0 bridgehead atoms. The number of benzene rings is 1. The summed E-state index contributed by atoms with van der Waals surface area (Å²) in [5.74, 6) is 0. The van der Waals surface area contributed by atoms with E-state index in [-0.39, 0.29) is 5.54 Å². The monoisotopic (exact) mass is 302 g/mol. The Balaban J connectivity index is 1.91. The lowest BCUT2D eigenvalue weighted by Gasteiger charge is -2.37. The molecule has 1 aromatic carbocycles. The molecule has 0 saturated carbocycles. The summed E-state index contributed by atoms with van der Waals surface area (Å²) in [6.07, 6.45) is 3.22. The van der Waals surface area contributed by atoms with Crippen LogP contribution >= 0.6 is 11.3 Å². The molecule has 0 aliphatic heterocycles. The first-order chi connectivity index (χ1) is 10.2. The molecule has 21 heavy (non-hydrogen) atoms. The minimum absolute atomic E-state index is 0.0359. The molecular formula is C17H22N2OS. The second-order valence-electron chi connectivity index (χ2n) is 5.74. The zero-order chi connectivity index (χ0) is 14.7. The van der Waals surface area contributed by atoms with Gasteiger partial charge in [0.1, 0.15) is 5.01 Å². The minimum Gasteiger partial charge on any atom is -0.383 e. The van der Waals surface area contributed by atoms with Gasteiger partial charge in [-0.05, 0) is 37.3 Å². The number of ether oxygens (including phenoxy) is 1. The first-order valence-electron chi connectivity index (χ1n) is 7.47. The quantitative estimate of drug-likeness (QED) is 0.862. The SMILES string of the molecule is COCCNC1(c2nc(C)cs2)CCc2ccccc2C1. The molecule has 1 N–H and O–H groups in total. The van der Waals surface area contributed by atoms with Crippen molar-refractivity contribution >= 4 is 11.3 Å². The van der Waals surface area contributed by atoms with Gasteiger partial charge in [0.25, 0.3) is 0 Å².